The molecule has 0 aliphatic heterocycles. The highest BCUT2D eigenvalue weighted by molar-refractivity contribution is 9.10. The van der Waals surface area contributed by atoms with Crippen LogP contribution in [-0.4, -0.2) is 37.9 Å². The van der Waals surface area contributed by atoms with Crippen LogP contribution in [0.1, 0.15) is 0 Å². The van der Waals surface area contributed by atoms with Gasteiger partial charge in [0, 0.05) is 11.0 Å². The number of rotatable bonds is 5. The maximum Gasteiger partial charge on any atom is 0.251 e. The van der Waals surface area contributed by atoms with Crippen molar-refractivity contribution in [3.8, 4) is 0 Å². The molecule has 3 N–H and O–H groups in total. The minimum absolute atomic E-state index is 0.160. The molecule has 15 heavy (non-hydrogen) atoms. The Morgan fingerprint density at radius 2 is 2.27 bits per heavy atom. The van der Waals surface area contributed by atoms with E-state index < -0.39 is 22.7 Å². The van der Waals surface area contributed by atoms with Crippen LogP contribution >= 0.6 is 27.3 Å². The summed E-state index contributed by atoms with van der Waals surface area (Å²) in [4.78, 5) is 0. The Kier molecular flexibility index (Phi) is 4.68. The van der Waals surface area contributed by atoms with Crippen molar-refractivity contribution in [2.75, 3.05) is 13.2 Å². The molecule has 0 fully saturated rings. The summed E-state index contributed by atoms with van der Waals surface area (Å²) in [5.41, 5.74) is 0. The summed E-state index contributed by atoms with van der Waals surface area (Å²) < 4.78 is 26.1. The van der Waals surface area contributed by atoms with Crippen molar-refractivity contribution in [1.82, 2.24) is 4.72 Å². The quantitative estimate of drug-likeness (QED) is 0.721. The minimum atomic E-state index is -3.60. The lowest BCUT2D eigenvalue weighted by Crippen LogP contribution is -2.33. The van der Waals surface area contributed by atoms with Crippen LogP contribution in [0.25, 0.3) is 0 Å². The molecule has 0 aliphatic rings. The molecule has 1 aromatic rings. The molecule has 0 aromatic carbocycles. The maximum absolute atomic E-state index is 11.6. The molecule has 1 aromatic heterocycles. The molecular formula is C7H10BrNO4S2. The normalized spacial score (nSPS) is 14.1. The first kappa shape index (κ1) is 13.1. The second kappa shape index (κ2) is 5.37. The highest BCUT2D eigenvalue weighted by atomic mass is 79.9. The highest BCUT2D eigenvalue weighted by Gasteiger charge is 2.19. The Morgan fingerprint density at radius 3 is 2.73 bits per heavy atom. The predicted octanol–water partition coefficient (Wildman–Crippen LogP) is 0.142. The van der Waals surface area contributed by atoms with Gasteiger partial charge in [0.05, 0.1) is 12.7 Å². The van der Waals surface area contributed by atoms with Gasteiger partial charge in [-0.05, 0) is 27.4 Å². The van der Waals surface area contributed by atoms with E-state index in [-0.39, 0.29) is 10.8 Å². The summed E-state index contributed by atoms with van der Waals surface area (Å²) >= 11 is 4.18. The first-order valence-corrected chi connectivity index (χ1v) is 7.14. The van der Waals surface area contributed by atoms with Gasteiger partial charge < -0.3 is 10.2 Å². The molecule has 1 heterocycles. The van der Waals surface area contributed by atoms with E-state index in [1.54, 1.807) is 11.4 Å². The van der Waals surface area contributed by atoms with E-state index in [9.17, 15) is 8.42 Å². The number of hydrogen-bond acceptors (Lipinski definition) is 5. The van der Waals surface area contributed by atoms with Gasteiger partial charge in [-0.2, -0.15) is 0 Å². The molecule has 8 heteroatoms. The Hall–Kier alpha value is 0.01000. The monoisotopic (exact) mass is 315 g/mol. The smallest absolute Gasteiger partial charge is 0.251 e. The lowest BCUT2D eigenvalue weighted by Gasteiger charge is -2.08. The number of aliphatic hydroxyl groups is 2. The summed E-state index contributed by atoms with van der Waals surface area (Å²) in [7, 11) is -3.60. The second-order valence-electron chi connectivity index (χ2n) is 2.74. The third-order valence-corrected chi connectivity index (χ3v) is 5.64. The van der Waals surface area contributed by atoms with Crippen LogP contribution in [0.3, 0.4) is 0 Å². The van der Waals surface area contributed by atoms with Gasteiger partial charge in [0.25, 0.3) is 10.0 Å². The molecule has 0 amide bonds. The molecule has 0 saturated heterocycles. The second-order valence-corrected chi connectivity index (χ2v) is 6.48. The van der Waals surface area contributed by atoms with E-state index in [2.05, 4.69) is 20.7 Å². The zero-order chi connectivity index (χ0) is 11.5. The van der Waals surface area contributed by atoms with Gasteiger partial charge in [0.15, 0.2) is 0 Å². The Balaban J connectivity index is 2.73. The molecule has 0 spiro atoms. The Morgan fingerprint density at radius 1 is 1.60 bits per heavy atom. The molecule has 1 rings (SSSR count). The van der Waals surface area contributed by atoms with Gasteiger partial charge in [0.1, 0.15) is 4.21 Å². The van der Waals surface area contributed by atoms with Crippen molar-refractivity contribution >= 4 is 37.3 Å². The van der Waals surface area contributed by atoms with Crippen molar-refractivity contribution in [3.05, 3.63) is 15.9 Å². The first-order valence-electron chi connectivity index (χ1n) is 3.99. The summed E-state index contributed by atoms with van der Waals surface area (Å²) in [5.74, 6) is 0. The molecule has 0 saturated carbocycles. The van der Waals surface area contributed by atoms with Gasteiger partial charge in [-0.1, -0.05) is 0 Å². The standard InChI is InChI=1S/C7H10BrNO4S2/c8-6-1-2-14-7(6)15(12,13)9-3-5(11)4-10/h1-2,5,9-11H,3-4H2. The van der Waals surface area contributed by atoms with Gasteiger partial charge in [-0.3, -0.25) is 0 Å². The van der Waals surface area contributed by atoms with Gasteiger partial charge >= 0.3 is 0 Å². The van der Waals surface area contributed by atoms with E-state index in [1.165, 1.54) is 0 Å². The predicted molar refractivity (Wildman–Crippen MR) is 60.3 cm³/mol. The van der Waals surface area contributed by atoms with Crippen molar-refractivity contribution in [1.29, 1.82) is 0 Å². The molecule has 0 aliphatic carbocycles. The number of hydrogen-bond donors (Lipinski definition) is 3. The van der Waals surface area contributed by atoms with Crippen molar-refractivity contribution in [2.45, 2.75) is 10.3 Å². The third kappa shape index (κ3) is 3.51. The Bertz CT molecular complexity index is 416. The van der Waals surface area contributed by atoms with Crippen molar-refractivity contribution < 1.29 is 18.6 Å². The van der Waals surface area contributed by atoms with Crippen LogP contribution in [0.2, 0.25) is 0 Å². The molecule has 86 valence electrons. The number of halogens is 1. The first-order chi connectivity index (χ1) is 6.97. The summed E-state index contributed by atoms with van der Waals surface area (Å²) in [5, 5.41) is 19.2. The zero-order valence-corrected chi connectivity index (χ0v) is 10.8. The van der Waals surface area contributed by atoms with Gasteiger partial charge in [-0.15, -0.1) is 11.3 Å². The van der Waals surface area contributed by atoms with Crippen molar-refractivity contribution in [3.63, 3.8) is 0 Å². The van der Waals surface area contributed by atoms with Crippen LogP contribution in [-0.2, 0) is 10.0 Å². The fourth-order valence-electron chi connectivity index (χ4n) is 0.808. The van der Waals surface area contributed by atoms with Crippen LogP contribution in [0.5, 0.6) is 0 Å². The van der Waals surface area contributed by atoms with E-state index in [4.69, 9.17) is 10.2 Å². The minimum Gasteiger partial charge on any atom is -0.394 e. The molecule has 1 unspecified atom stereocenters. The average molecular weight is 316 g/mol. The highest BCUT2D eigenvalue weighted by Crippen LogP contribution is 2.27. The molecule has 0 bridgehead atoms. The molecule has 0 radical (unpaired) electrons. The average Bonchev–Trinajstić information content (AvgIpc) is 2.61. The van der Waals surface area contributed by atoms with Crippen LogP contribution in [0.4, 0.5) is 0 Å². The SMILES string of the molecule is O=S(=O)(NCC(O)CO)c1sccc1Br. The van der Waals surface area contributed by atoms with E-state index in [0.29, 0.717) is 4.47 Å². The molecule has 1 atom stereocenters. The lowest BCUT2D eigenvalue weighted by atomic mass is 10.4. The van der Waals surface area contributed by atoms with E-state index in [0.717, 1.165) is 11.3 Å². The summed E-state index contributed by atoms with van der Waals surface area (Å²) in [6.45, 7) is -0.683. The fraction of sp³-hybridized carbons (Fsp3) is 0.429. The fourth-order valence-corrected chi connectivity index (χ4v) is 4.26. The number of sulfonamides is 1. The zero-order valence-electron chi connectivity index (χ0n) is 7.55. The summed E-state index contributed by atoms with van der Waals surface area (Å²) in [6, 6.07) is 1.63. The van der Waals surface area contributed by atoms with Crippen LogP contribution in [0.15, 0.2) is 20.1 Å². The van der Waals surface area contributed by atoms with E-state index in [1.807, 2.05) is 0 Å². The number of aliphatic hydroxyl groups excluding tert-OH is 2. The Labute approximate surface area is 99.9 Å². The van der Waals surface area contributed by atoms with E-state index >= 15 is 0 Å². The molecule has 5 nitrogen and oxygen atoms in total. The topological polar surface area (TPSA) is 86.6 Å². The van der Waals surface area contributed by atoms with Gasteiger partial charge in [0.2, 0.25) is 0 Å². The van der Waals surface area contributed by atoms with Crippen LogP contribution in [0, 0.1) is 0 Å². The maximum atomic E-state index is 11.6. The lowest BCUT2D eigenvalue weighted by molar-refractivity contribution is 0.0988. The summed E-state index contributed by atoms with van der Waals surface area (Å²) in [6.07, 6.45) is -1.08. The molecular weight excluding hydrogens is 306 g/mol. The number of nitrogens with one attached hydrogen (secondary N) is 1. The third-order valence-electron chi connectivity index (χ3n) is 1.55. The number of thiophene rings is 1. The van der Waals surface area contributed by atoms with Gasteiger partial charge in [-0.25, -0.2) is 13.1 Å². The van der Waals surface area contributed by atoms with Crippen LogP contribution < -0.4 is 4.72 Å². The largest absolute Gasteiger partial charge is 0.394 e. The van der Waals surface area contributed by atoms with Crippen molar-refractivity contribution in [2.24, 2.45) is 0 Å².